The molecule has 4 atom stereocenters. The molecule has 1 heterocycles. The number of thioether (sulfide) groups is 1. The van der Waals surface area contributed by atoms with Crippen LogP contribution in [0.1, 0.15) is 31.2 Å². The van der Waals surface area contributed by atoms with Gasteiger partial charge >= 0.3 is 5.97 Å². The summed E-state index contributed by atoms with van der Waals surface area (Å²) in [5.41, 5.74) is 12.8. The van der Waals surface area contributed by atoms with E-state index < -0.39 is 54.5 Å². The average Bonchev–Trinajstić information content (AvgIpc) is 3.31. The Kier molecular flexibility index (Phi) is 13.1. The van der Waals surface area contributed by atoms with Crippen molar-refractivity contribution < 1.29 is 29.4 Å². The van der Waals surface area contributed by atoms with E-state index in [1.165, 1.54) is 11.8 Å². The van der Waals surface area contributed by atoms with Crippen LogP contribution in [0, 0.1) is 0 Å². The van der Waals surface area contributed by atoms with Crippen molar-refractivity contribution in [3.8, 4) is 0 Å². The highest BCUT2D eigenvalue weighted by molar-refractivity contribution is 7.98. The summed E-state index contributed by atoms with van der Waals surface area (Å²) in [5.74, 6) is -2.63. The highest BCUT2D eigenvalue weighted by atomic mass is 32.2. The molecule has 210 valence electrons. The lowest BCUT2D eigenvalue weighted by Crippen LogP contribution is -2.58. The van der Waals surface area contributed by atoms with E-state index in [1.54, 1.807) is 6.20 Å². The number of aromatic nitrogens is 1. The van der Waals surface area contributed by atoms with E-state index in [0.717, 1.165) is 16.5 Å². The zero-order valence-corrected chi connectivity index (χ0v) is 22.3. The first-order valence-corrected chi connectivity index (χ1v) is 13.9. The maximum atomic E-state index is 13.4. The molecule has 0 aliphatic heterocycles. The molecule has 4 unspecified atom stereocenters. The van der Waals surface area contributed by atoms with Crippen molar-refractivity contribution in [3.05, 3.63) is 36.0 Å². The van der Waals surface area contributed by atoms with Gasteiger partial charge in [-0.2, -0.15) is 11.8 Å². The Hall–Kier alpha value is -3.13. The molecule has 13 heteroatoms. The normalized spacial score (nSPS) is 14.3. The molecule has 10 N–H and O–H groups in total. The molecule has 0 bridgehead atoms. The predicted octanol–water partition coefficient (Wildman–Crippen LogP) is -0.549. The number of aliphatic hydroxyl groups is 1. The Labute approximate surface area is 225 Å². The minimum absolute atomic E-state index is 0.0857. The van der Waals surface area contributed by atoms with Crippen LogP contribution in [-0.2, 0) is 25.6 Å². The van der Waals surface area contributed by atoms with E-state index in [0.29, 0.717) is 25.1 Å². The lowest BCUT2D eigenvalue weighted by molar-refractivity contribution is -0.142. The number of hydrogen-bond acceptors (Lipinski definition) is 8. The van der Waals surface area contributed by atoms with Crippen LogP contribution in [0.4, 0.5) is 0 Å². The summed E-state index contributed by atoms with van der Waals surface area (Å²) >= 11 is 1.46. The molecule has 12 nitrogen and oxygen atoms in total. The van der Waals surface area contributed by atoms with Crippen LogP contribution in [0.25, 0.3) is 10.9 Å². The zero-order chi connectivity index (χ0) is 28.1. The number of unbranched alkanes of at least 4 members (excludes halogenated alkanes) is 1. The van der Waals surface area contributed by atoms with Crippen molar-refractivity contribution in [1.82, 2.24) is 20.9 Å². The highest BCUT2D eigenvalue weighted by Gasteiger charge is 2.30. The Morgan fingerprint density at radius 3 is 2.29 bits per heavy atom. The number of aliphatic carboxylic acids is 1. The number of fused-ring (bicyclic) bond motifs is 1. The van der Waals surface area contributed by atoms with E-state index in [1.807, 2.05) is 30.5 Å². The van der Waals surface area contributed by atoms with Crippen molar-refractivity contribution in [3.63, 3.8) is 0 Å². The monoisotopic (exact) mass is 550 g/mol. The lowest BCUT2D eigenvalue weighted by atomic mass is 10.0. The highest BCUT2D eigenvalue weighted by Crippen LogP contribution is 2.19. The number of aromatic amines is 1. The molecule has 0 aliphatic rings. The van der Waals surface area contributed by atoms with E-state index >= 15 is 0 Å². The number of carboxylic acids is 1. The predicted molar refractivity (Wildman–Crippen MR) is 146 cm³/mol. The minimum atomic E-state index is -1.23. The molecule has 2 aromatic rings. The lowest BCUT2D eigenvalue weighted by Gasteiger charge is -2.25. The second-order valence-electron chi connectivity index (χ2n) is 8.94. The second kappa shape index (κ2) is 16.0. The first-order chi connectivity index (χ1) is 18.2. The molecule has 0 spiro atoms. The number of H-pyrrole nitrogens is 1. The Morgan fingerprint density at radius 1 is 0.974 bits per heavy atom. The van der Waals surface area contributed by atoms with Gasteiger partial charge in [-0.05, 0) is 55.9 Å². The fourth-order valence-electron chi connectivity index (χ4n) is 3.89. The summed E-state index contributed by atoms with van der Waals surface area (Å²) in [5, 5.41) is 27.4. The van der Waals surface area contributed by atoms with Crippen molar-refractivity contribution in [2.24, 2.45) is 11.5 Å². The molecule has 0 saturated carbocycles. The Balaban J connectivity index is 2.26. The van der Waals surface area contributed by atoms with Gasteiger partial charge in [0.2, 0.25) is 17.7 Å². The quantitative estimate of drug-likeness (QED) is 0.119. The van der Waals surface area contributed by atoms with Crippen LogP contribution >= 0.6 is 11.8 Å². The van der Waals surface area contributed by atoms with Crippen LogP contribution in [0.3, 0.4) is 0 Å². The fourth-order valence-corrected chi connectivity index (χ4v) is 4.36. The molecular weight excluding hydrogens is 512 g/mol. The molecular formula is C25H38N6O6S. The second-order valence-corrected chi connectivity index (χ2v) is 9.93. The Bertz CT molecular complexity index is 1080. The SMILES string of the molecule is CSCCC(NC(=O)C(CCCCN)NC(=O)C(Cc1c[nH]c2ccccc12)NC(=O)C(N)CO)C(=O)O. The first-order valence-electron chi connectivity index (χ1n) is 12.5. The van der Waals surface area contributed by atoms with Gasteiger partial charge in [-0.15, -0.1) is 0 Å². The van der Waals surface area contributed by atoms with Crippen molar-refractivity contribution >= 4 is 46.4 Å². The average molecular weight is 551 g/mol. The molecule has 0 fully saturated rings. The number of amides is 3. The third-order valence-electron chi connectivity index (χ3n) is 6.07. The van der Waals surface area contributed by atoms with Crippen molar-refractivity contribution in [2.75, 3.05) is 25.2 Å². The molecule has 0 saturated heterocycles. The molecule has 1 aromatic carbocycles. The number of carbonyl (C=O) groups excluding carboxylic acids is 3. The molecule has 0 aliphatic carbocycles. The van der Waals surface area contributed by atoms with Gasteiger partial charge < -0.3 is 42.6 Å². The summed E-state index contributed by atoms with van der Waals surface area (Å²) in [6, 6.07) is 2.97. The number of rotatable bonds is 17. The van der Waals surface area contributed by atoms with Gasteiger partial charge in [-0.25, -0.2) is 4.79 Å². The topological polar surface area (TPSA) is 213 Å². The number of nitrogens with one attached hydrogen (secondary N) is 4. The smallest absolute Gasteiger partial charge is 0.326 e. The number of aliphatic hydroxyl groups excluding tert-OH is 1. The number of para-hydroxylation sites is 1. The summed E-state index contributed by atoms with van der Waals surface area (Å²) in [7, 11) is 0. The van der Waals surface area contributed by atoms with Gasteiger partial charge in [0, 0.05) is 23.5 Å². The number of hydrogen-bond donors (Lipinski definition) is 8. The standard InChI is InChI=1S/C25H38N6O6S/c1-38-11-9-20(25(36)37)30-23(34)19(8-4-5-10-26)29-24(35)21(31-22(33)17(27)14-32)12-15-13-28-18-7-3-2-6-16(15)18/h2-3,6-7,13,17,19-21,28,32H,4-5,8-12,14,26-27H2,1H3,(H,29,35)(H,30,34)(H,31,33)(H,36,37). The number of carboxylic acid groups (broad SMARTS) is 1. The van der Waals surface area contributed by atoms with Crippen LogP contribution in [0.5, 0.6) is 0 Å². The van der Waals surface area contributed by atoms with Gasteiger partial charge in [0.1, 0.15) is 24.2 Å². The van der Waals surface area contributed by atoms with Gasteiger partial charge in [0.25, 0.3) is 0 Å². The summed E-state index contributed by atoms with van der Waals surface area (Å²) < 4.78 is 0. The van der Waals surface area contributed by atoms with Crippen molar-refractivity contribution in [1.29, 1.82) is 0 Å². The zero-order valence-electron chi connectivity index (χ0n) is 21.4. The maximum Gasteiger partial charge on any atom is 0.326 e. The molecule has 3 amide bonds. The van der Waals surface area contributed by atoms with E-state index in [9.17, 15) is 29.4 Å². The maximum absolute atomic E-state index is 13.4. The van der Waals surface area contributed by atoms with E-state index in [4.69, 9.17) is 11.5 Å². The van der Waals surface area contributed by atoms with E-state index in [-0.39, 0.29) is 19.3 Å². The molecule has 1 aromatic heterocycles. The summed E-state index contributed by atoms with van der Waals surface area (Å²) in [4.78, 5) is 53.7. The first kappa shape index (κ1) is 31.1. The van der Waals surface area contributed by atoms with Gasteiger partial charge in [0.05, 0.1) is 6.61 Å². The third-order valence-corrected chi connectivity index (χ3v) is 6.71. The molecule has 38 heavy (non-hydrogen) atoms. The van der Waals surface area contributed by atoms with Crippen molar-refractivity contribution in [2.45, 2.75) is 56.3 Å². The fraction of sp³-hybridized carbons (Fsp3) is 0.520. The summed E-state index contributed by atoms with van der Waals surface area (Å²) in [6.07, 6.45) is 5.24. The minimum Gasteiger partial charge on any atom is -0.480 e. The summed E-state index contributed by atoms with van der Waals surface area (Å²) in [6.45, 7) is -0.212. The number of carbonyl (C=O) groups is 4. The molecule has 0 radical (unpaired) electrons. The van der Waals surface area contributed by atoms with Crippen LogP contribution in [0.2, 0.25) is 0 Å². The van der Waals surface area contributed by atoms with E-state index in [2.05, 4.69) is 20.9 Å². The third kappa shape index (κ3) is 9.31. The van der Waals surface area contributed by atoms with Crippen LogP contribution in [0.15, 0.2) is 30.5 Å². The molecule has 2 rings (SSSR count). The number of nitrogens with two attached hydrogens (primary N) is 2. The van der Waals surface area contributed by atoms with Crippen LogP contribution < -0.4 is 27.4 Å². The number of benzene rings is 1. The Morgan fingerprint density at radius 2 is 1.63 bits per heavy atom. The largest absolute Gasteiger partial charge is 0.480 e. The van der Waals surface area contributed by atoms with Gasteiger partial charge in [-0.3, -0.25) is 14.4 Å². The van der Waals surface area contributed by atoms with Crippen LogP contribution in [-0.4, -0.2) is 88.2 Å². The van der Waals surface area contributed by atoms with Gasteiger partial charge in [-0.1, -0.05) is 18.2 Å². The van der Waals surface area contributed by atoms with Gasteiger partial charge in [0.15, 0.2) is 0 Å².